The lowest BCUT2D eigenvalue weighted by Gasteiger charge is -2.05. The Hall–Kier alpha value is -2.16. The van der Waals surface area contributed by atoms with Gasteiger partial charge < -0.3 is 4.84 Å². The summed E-state index contributed by atoms with van der Waals surface area (Å²) in [4.78, 5) is 5.28. The monoisotopic (exact) mass is 271 g/mol. The Kier molecular flexibility index (Phi) is 4.51. The van der Waals surface area contributed by atoms with Crippen molar-refractivity contribution < 1.29 is 9.23 Å². The van der Waals surface area contributed by atoms with E-state index in [-0.39, 0.29) is 12.4 Å². The minimum Gasteiger partial charge on any atom is -0.391 e. The molecule has 20 heavy (non-hydrogen) atoms. The van der Waals surface area contributed by atoms with Crippen LogP contribution in [0.15, 0.2) is 47.6 Å². The summed E-state index contributed by atoms with van der Waals surface area (Å²) in [6.45, 7) is 6.31. The molecule has 0 saturated heterocycles. The summed E-state index contributed by atoms with van der Waals surface area (Å²) in [5.41, 5.74) is 5.09. The molecule has 2 nitrogen and oxygen atoms in total. The Balaban J connectivity index is 2.02. The molecule has 0 spiro atoms. The maximum atomic E-state index is 13.0. The fraction of sp³-hybridized carbons (Fsp3) is 0.235. The highest BCUT2D eigenvalue weighted by Crippen LogP contribution is 2.11. The Morgan fingerprint density at radius 3 is 2.60 bits per heavy atom. The van der Waals surface area contributed by atoms with Crippen molar-refractivity contribution in [1.82, 2.24) is 0 Å². The first kappa shape index (κ1) is 14.3. The minimum atomic E-state index is -0.263. The molecule has 0 amide bonds. The van der Waals surface area contributed by atoms with Crippen molar-refractivity contribution in [3.8, 4) is 0 Å². The van der Waals surface area contributed by atoms with E-state index in [1.54, 1.807) is 6.07 Å². The average Bonchev–Trinajstić information content (AvgIpc) is 2.42. The molecule has 0 atom stereocenters. The molecule has 2 rings (SSSR count). The molecule has 0 unspecified atom stereocenters. The van der Waals surface area contributed by atoms with Crippen LogP contribution >= 0.6 is 0 Å². The van der Waals surface area contributed by atoms with Crippen molar-refractivity contribution in [2.75, 3.05) is 0 Å². The number of rotatable bonds is 4. The lowest BCUT2D eigenvalue weighted by molar-refractivity contribution is 0.130. The molecule has 2 aromatic rings. The lowest BCUT2D eigenvalue weighted by Crippen LogP contribution is -1.98. The van der Waals surface area contributed by atoms with Gasteiger partial charge in [-0.25, -0.2) is 4.39 Å². The third-order valence-electron chi connectivity index (χ3n) is 3.25. The van der Waals surface area contributed by atoms with Crippen LogP contribution in [0.2, 0.25) is 0 Å². The summed E-state index contributed by atoms with van der Waals surface area (Å²) in [5.74, 6) is -0.263. The van der Waals surface area contributed by atoms with Crippen LogP contribution in [-0.2, 0) is 11.4 Å². The molecule has 0 aliphatic carbocycles. The summed E-state index contributed by atoms with van der Waals surface area (Å²) in [7, 11) is 0. The van der Waals surface area contributed by atoms with Crippen molar-refractivity contribution in [2.45, 2.75) is 27.4 Å². The van der Waals surface area contributed by atoms with E-state index in [1.165, 1.54) is 23.3 Å². The van der Waals surface area contributed by atoms with Gasteiger partial charge in [0, 0.05) is 0 Å². The van der Waals surface area contributed by atoms with Gasteiger partial charge in [-0.1, -0.05) is 29.4 Å². The Morgan fingerprint density at radius 1 is 1.10 bits per heavy atom. The zero-order valence-electron chi connectivity index (χ0n) is 12.0. The quantitative estimate of drug-likeness (QED) is 0.597. The van der Waals surface area contributed by atoms with Gasteiger partial charge in [0.25, 0.3) is 0 Å². The standard InChI is InChI=1S/C17H18FNO/c1-12-7-8-16(9-13(12)2)14(3)19-20-11-15-5-4-6-17(18)10-15/h4-10H,11H2,1-3H3. The highest BCUT2D eigenvalue weighted by atomic mass is 19.1. The molecule has 0 aromatic heterocycles. The van der Waals surface area contributed by atoms with Crippen molar-refractivity contribution in [3.05, 3.63) is 70.5 Å². The van der Waals surface area contributed by atoms with E-state index < -0.39 is 0 Å². The predicted molar refractivity (Wildman–Crippen MR) is 79.3 cm³/mol. The normalized spacial score (nSPS) is 11.5. The largest absolute Gasteiger partial charge is 0.391 e. The fourth-order valence-corrected chi connectivity index (χ4v) is 1.85. The number of halogens is 1. The molecular weight excluding hydrogens is 253 g/mol. The summed E-state index contributed by atoms with van der Waals surface area (Å²) in [5, 5.41) is 4.08. The predicted octanol–water partition coefficient (Wildman–Crippen LogP) is 4.38. The number of hydrogen-bond donors (Lipinski definition) is 0. The second kappa shape index (κ2) is 6.33. The van der Waals surface area contributed by atoms with Crippen LogP contribution in [-0.4, -0.2) is 5.71 Å². The van der Waals surface area contributed by atoms with Crippen LogP contribution in [0, 0.1) is 19.7 Å². The van der Waals surface area contributed by atoms with Crippen molar-refractivity contribution in [2.24, 2.45) is 5.16 Å². The Morgan fingerprint density at radius 2 is 1.90 bits per heavy atom. The van der Waals surface area contributed by atoms with Crippen molar-refractivity contribution in [3.63, 3.8) is 0 Å². The summed E-state index contributed by atoms with van der Waals surface area (Å²) in [6, 6.07) is 12.5. The van der Waals surface area contributed by atoms with Gasteiger partial charge >= 0.3 is 0 Å². The second-order valence-electron chi connectivity index (χ2n) is 4.88. The van der Waals surface area contributed by atoms with E-state index in [2.05, 4.69) is 31.1 Å². The molecule has 2 aromatic carbocycles. The van der Waals surface area contributed by atoms with Crippen LogP contribution in [0.3, 0.4) is 0 Å². The van der Waals surface area contributed by atoms with Crippen LogP contribution in [0.1, 0.15) is 29.2 Å². The van der Waals surface area contributed by atoms with Crippen LogP contribution < -0.4 is 0 Å². The van der Waals surface area contributed by atoms with Gasteiger partial charge in [0.1, 0.15) is 12.4 Å². The third kappa shape index (κ3) is 3.67. The van der Waals surface area contributed by atoms with E-state index in [4.69, 9.17) is 4.84 Å². The Labute approximate surface area is 118 Å². The molecule has 0 N–H and O–H groups in total. The molecule has 0 saturated carbocycles. The molecule has 0 fully saturated rings. The van der Waals surface area contributed by atoms with Crippen LogP contribution in [0.5, 0.6) is 0 Å². The molecule has 3 heteroatoms. The van der Waals surface area contributed by atoms with Gasteiger partial charge in [0.2, 0.25) is 0 Å². The minimum absolute atomic E-state index is 0.263. The van der Waals surface area contributed by atoms with E-state index in [0.29, 0.717) is 0 Å². The highest BCUT2D eigenvalue weighted by molar-refractivity contribution is 5.98. The number of oxime groups is 1. The van der Waals surface area contributed by atoms with Crippen molar-refractivity contribution in [1.29, 1.82) is 0 Å². The lowest BCUT2D eigenvalue weighted by atomic mass is 10.0. The zero-order chi connectivity index (χ0) is 14.5. The summed E-state index contributed by atoms with van der Waals surface area (Å²) in [6.07, 6.45) is 0. The van der Waals surface area contributed by atoms with Gasteiger partial charge in [0.15, 0.2) is 0 Å². The van der Waals surface area contributed by atoms with Crippen LogP contribution in [0.4, 0.5) is 4.39 Å². The van der Waals surface area contributed by atoms with Crippen molar-refractivity contribution >= 4 is 5.71 Å². The topological polar surface area (TPSA) is 21.6 Å². The van der Waals surface area contributed by atoms with Gasteiger partial charge in [0.05, 0.1) is 5.71 Å². The molecule has 0 radical (unpaired) electrons. The first-order valence-electron chi connectivity index (χ1n) is 6.55. The molecule has 0 aliphatic heterocycles. The van der Waals surface area contributed by atoms with E-state index >= 15 is 0 Å². The first-order chi connectivity index (χ1) is 9.56. The van der Waals surface area contributed by atoms with Gasteiger partial charge in [-0.3, -0.25) is 0 Å². The second-order valence-corrected chi connectivity index (χ2v) is 4.88. The summed E-state index contributed by atoms with van der Waals surface area (Å²) >= 11 is 0. The third-order valence-corrected chi connectivity index (χ3v) is 3.25. The van der Waals surface area contributed by atoms with Gasteiger partial charge in [-0.15, -0.1) is 0 Å². The molecule has 0 aliphatic rings. The number of nitrogens with zero attached hydrogens (tertiary/aromatic N) is 1. The first-order valence-corrected chi connectivity index (χ1v) is 6.55. The molecule has 0 heterocycles. The van der Waals surface area contributed by atoms with Gasteiger partial charge in [-0.2, -0.15) is 0 Å². The van der Waals surface area contributed by atoms with E-state index in [1.807, 2.05) is 19.1 Å². The fourth-order valence-electron chi connectivity index (χ4n) is 1.85. The molecular formula is C17H18FNO. The van der Waals surface area contributed by atoms with Crippen LogP contribution in [0.25, 0.3) is 0 Å². The smallest absolute Gasteiger partial charge is 0.142 e. The SMILES string of the molecule is CC(=NOCc1cccc(F)c1)c1ccc(C)c(C)c1. The zero-order valence-corrected chi connectivity index (χ0v) is 12.0. The number of aryl methyl sites for hydroxylation is 2. The Bertz CT molecular complexity index is 635. The maximum Gasteiger partial charge on any atom is 0.142 e. The van der Waals surface area contributed by atoms with E-state index in [9.17, 15) is 4.39 Å². The average molecular weight is 271 g/mol. The highest BCUT2D eigenvalue weighted by Gasteiger charge is 2.01. The number of benzene rings is 2. The molecule has 104 valence electrons. The summed E-state index contributed by atoms with van der Waals surface area (Å²) < 4.78 is 13.0. The van der Waals surface area contributed by atoms with Gasteiger partial charge in [-0.05, 0) is 61.2 Å². The number of hydrogen-bond acceptors (Lipinski definition) is 2. The molecule has 0 bridgehead atoms. The van der Waals surface area contributed by atoms with E-state index in [0.717, 1.165) is 16.8 Å². The maximum absolute atomic E-state index is 13.0.